The van der Waals surface area contributed by atoms with Gasteiger partial charge in [-0.15, -0.1) is 5.10 Å². The van der Waals surface area contributed by atoms with E-state index in [4.69, 9.17) is 17.4 Å². The number of benzene rings is 1. The highest BCUT2D eigenvalue weighted by molar-refractivity contribution is 9.10. The lowest BCUT2D eigenvalue weighted by molar-refractivity contribution is 0.561. The van der Waals surface area contributed by atoms with Gasteiger partial charge in [0.1, 0.15) is 5.82 Å². The second-order valence-corrected chi connectivity index (χ2v) is 6.22. The third-order valence-electron chi connectivity index (χ3n) is 2.88. The van der Waals surface area contributed by atoms with Crippen LogP contribution in [0.3, 0.4) is 0 Å². The maximum Gasteiger partial charge on any atom is 0.148 e. The van der Waals surface area contributed by atoms with Crippen LogP contribution in [0.5, 0.6) is 0 Å². The molecule has 1 aromatic carbocycles. The van der Waals surface area contributed by atoms with Crippen molar-refractivity contribution in [3.8, 4) is 0 Å². The van der Waals surface area contributed by atoms with E-state index in [-0.39, 0.29) is 5.02 Å². The van der Waals surface area contributed by atoms with Crippen LogP contribution >= 0.6 is 39.1 Å². The van der Waals surface area contributed by atoms with Gasteiger partial charge >= 0.3 is 0 Å². The van der Waals surface area contributed by atoms with Gasteiger partial charge in [-0.25, -0.2) is 9.82 Å². The highest BCUT2D eigenvalue weighted by Crippen LogP contribution is 2.34. The van der Waals surface area contributed by atoms with Gasteiger partial charge in [-0.2, -0.15) is 0 Å². The van der Waals surface area contributed by atoms with Crippen molar-refractivity contribution < 1.29 is 4.39 Å². The molecule has 1 heterocycles. The molecular formula is C12H13BrClFN4S. The van der Waals surface area contributed by atoms with Crippen LogP contribution in [0.2, 0.25) is 5.02 Å². The number of rotatable bonds is 5. The van der Waals surface area contributed by atoms with Crippen LogP contribution in [0, 0.1) is 5.82 Å². The average Bonchev–Trinajstić information content (AvgIpc) is 2.88. The van der Waals surface area contributed by atoms with Crippen molar-refractivity contribution in [1.82, 2.24) is 15.0 Å². The Morgan fingerprint density at radius 2 is 2.30 bits per heavy atom. The largest absolute Gasteiger partial charge is 0.271 e. The van der Waals surface area contributed by atoms with Crippen LogP contribution in [0.1, 0.15) is 35.5 Å². The van der Waals surface area contributed by atoms with Crippen LogP contribution < -0.4 is 11.3 Å². The van der Waals surface area contributed by atoms with Gasteiger partial charge in [-0.3, -0.25) is 5.84 Å². The predicted octanol–water partition coefficient (Wildman–Crippen LogP) is 3.60. The Balaban J connectivity index is 2.47. The first-order valence-electron chi connectivity index (χ1n) is 6.00. The Labute approximate surface area is 133 Å². The van der Waals surface area contributed by atoms with Crippen molar-refractivity contribution in [2.75, 3.05) is 0 Å². The Bertz CT molecular complexity index is 607. The average molecular weight is 380 g/mol. The molecule has 20 heavy (non-hydrogen) atoms. The molecule has 0 amide bonds. The van der Waals surface area contributed by atoms with Crippen LogP contribution in [-0.4, -0.2) is 9.59 Å². The summed E-state index contributed by atoms with van der Waals surface area (Å²) >= 11 is 10.3. The maximum atomic E-state index is 14.3. The molecule has 0 aliphatic carbocycles. The third kappa shape index (κ3) is 3.01. The topological polar surface area (TPSA) is 63.8 Å². The molecule has 0 fully saturated rings. The van der Waals surface area contributed by atoms with Crippen LogP contribution in [0.25, 0.3) is 0 Å². The molecule has 2 aromatic rings. The third-order valence-corrected chi connectivity index (χ3v) is 4.97. The molecule has 0 spiro atoms. The minimum Gasteiger partial charge on any atom is -0.271 e. The summed E-state index contributed by atoms with van der Waals surface area (Å²) in [4.78, 5) is 0.812. The SMILES string of the molecule is CCCc1nnsc1C(NN)c1ccc(Br)c(Cl)c1F. The molecule has 108 valence electrons. The van der Waals surface area contributed by atoms with Crippen molar-refractivity contribution in [3.63, 3.8) is 0 Å². The van der Waals surface area contributed by atoms with Gasteiger partial charge < -0.3 is 0 Å². The molecule has 2 rings (SSSR count). The summed E-state index contributed by atoms with van der Waals surface area (Å²) in [5, 5.41) is 4.12. The fourth-order valence-corrected chi connectivity index (χ4v) is 3.17. The zero-order valence-corrected chi connectivity index (χ0v) is 13.8. The van der Waals surface area contributed by atoms with Gasteiger partial charge in [-0.1, -0.05) is 35.5 Å². The summed E-state index contributed by atoms with van der Waals surface area (Å²) in [5.41, 5.74) is 3.83. The maximum absolute atomic E-state index is 14.3. The normalized spacial score (nSPS) is 12.7. The van der Waals surface area contributed by atoms with Crippen molar-refractivity contribution in [2.45, 2.75) is 25.8 Å². The van der Waals surface area contributed by atoms with E-state index in [0.717, 1.165) is 23.4 Å². The van der Waals surface area contributed by atoms with E-state index in [1.807, 2.05) is 6.92 Å². The molecule has 0 saturated heterocycles. The van der Waals surface area contributed by atoms with E-state index in [1.54, 1.807) is 12.1 Å². The summed E-state index contributed by atoms with van der Waals surface area (Å²) in [6, 6.07) is 2.83. The summed E-state index contributed by atoms with van der Waals surface area (Å²) in [7, 11) is 0. The van der Waals surface area contributed by atoms with Crippen LogP contribution in [-0.2, 0) is 6.42 Å². The molecule has 1 atom stereocenters. The van der Waals surface area contributed by atoms with Gasteiger partial charge in [0.05, 0.1) is 21.6 Å². The first kappa shape index (κ1) is 15.8. The van der Waals surface area contributed by atoms with Gasteiger partial charge in [-0.05, 0) is 39.9 Å². The monoisotopic (exact) mass is 378 g/mol. The van der Waals surface area contributed by atoms with E-state index in [0.29, 0.717) is 10.0 Å². The Morgan fingerprint density at radius 1 is 1.55 bits per heavy atom. The number of halogens is 3. The van der Waals surface area contributed by atoms with E-state index in [9.17, 15) is 4.39 Å². The first-order chi connectivity index (χ1) is 9.60. The molecule has 0 bridgehead atoms. The van der Waals surface area contributed by atoms with Gasteiger partial charge in [0, 0.05) is 10.0 Å². The standard InChI is InChI=1S/C12H13BrClFN4S/c1-2-3-8-12(20-19-18-8)11(17-16)6-4-5-7(13)9(14)10(6)15/h4-5,11,17H,2-3,16H2,1H3. The number of nitrogens with zero attached hydrogens (tertiary/aromatic N) is 2. The zero-order chi connectivity index (χ0) is 14.7. The molecule has 3 N–H and O–H groups in total. The molecule has 0 aliphatic heterocycles. The smallest absolute Gasteiger partial charge is 0.148 e. The van der Waals surface area contributed by atoms with Crippen LogP contribution in [0.15, 0.2) is 16.6 Å². The number of aryl methyl sites for hydroxylation is 1. The second-order valence-electron chi connectivity index (χ2n) is 4.20. The molecule has 4 nitrogen and oxygen atoms in total. The molecule has 0 saturated carbocycles. The molecule has 8 heteroatoms. The Kier molecular flexibility index (Phi) is 5.45. The quantitative estimate of drug-likeness (QED) is 0.473. The summed E-state index contributed by atoms with van der Waals surface area (Å²) in [6.45, 7) is 2.05. The van der Waals surface area contributed by atoms with Crippen molar-refractivity contribution in [2.24, 2.45) is 5.84 Å². The molecule has 1 unspecified atom stereocenters. The highest BCUT2D eigenvalue weighted by Gasteiger charge is 2.24. The Hall–Kier alpha value is -0.600. The fourth-order valence-electron chi connectivity index (χ4n) is 1.92. The lowest BCUT2D eigenvalue weighted by atomic mass is 10.0. The van der Waals surface area contributed by atoms with Crippen molar-refractivity contribution >= 4 is 39.1 Å². The number of hydrogen-bond acceptors (Lipinski definition) is 5. The van der Waals surface area contributed by atoms with E-state index >= 15 is 0 Å². The van der Waals surface area contributed by atoms with E-state index in [2.05, 4.69) is 30.9 Å². The second kappa shape index (κ2) is 6.91. The van der Waals surface area contributed by atoms with Gasteiger partial charge in [0.2, 0.25) is 0 Å². The summed E-state index contributed by atoms with van der Waals surface area (Å²) < 4.78 is 18.8. The van der Waals surface area contributed by atoms with Crippen molar-refractivity contribution in [1.29, 1.82) is 0 Å². The van der Waals surface area contributed by atoms with Gasteiger partial charge in [0.15, 0.2) is 0 Å². The zero-order valence-electron chi connectivity index (χ0n) is 10.7. The highest BCUT2D eigenvalue weighted by atomic mass is 79.9. The molecule has 0 radical (unpaired) electrons. The minimum atomic E-state index is -0.512. The fraction of sp³-hybridized carbons (Fsp3) is 0.333. The Morgan fingerprint density at radius 3 is 2.95 bits per heavy atom. The number of hydrazine groups is 1. The minimum absolute atomic E-state index is 0.0391. The molecular weight excluding hydrogens is 367 g/mol. The van der Waals surface area contributed by atoms with Crippen molar-refractivity contribution in [3.05, 3.63) is 43.6 Å². The summed E-state index contributed by atoms with van der Waals surface area (Å²) in [6.07, 6.45) is 1.70. The molecule has 1 aromatic heterocycles. The van der Waals surface area contributed by atoms with Gasteiger partial charge in [0.25, 0.3) is 0 Å². The van der Waals surface area contributed by atoms with Crippen LogP contribution in [0.4, 0.5) is 4.39 Å². The molecule has 0 aliphatic rings. The lowest BCUT2D eigenvalue weighted by Crippen LogP contribution is -2.29. The number of nitrogens with one attached hydrogen (secondary N) is 1. The number of aromatic nitrogens is 2. The first-order valence-corrected chi connectivity index (χ1v) is 7.95. The van der Waals surface area contributed by atoms with E-state index in [1.165, 1.54) is 11.5 Å². The summed E-state index contributed by atoms with van der Waals surface area (Å²) in [5.74, 6) is 5.10. The predicted molar refractivity (Wildman–Crippen MR) is 82.2 cm³/mol. The lowest BCUT2D eigenvalue weighted by Gasteiger charge is -2.17. The number of nitrogens with two attached hydrogens (primary N) is 1. The van der Waals surface area contributed by atoms with E-state index < -0.39 is 11.9 Å². The number of hydrogen-bond donors (Lipinski definition) is 2.